The Morgan fingerprint density at radius 3 is 2.61 bits per heavy atom. The van der Waals surface area contributed by atoms with E-state index in [9.17, 15) is 22.4 Å². The molecule has 9 heteroatoms. The van der Waals surface area contributed by atoms with Gasteiger partial charge in [0.25, 0.3) is 0 Å². The van der Waals surface area contributed by atoms with Gasteiger partial charge in [0.2, 0.25) is 0 Å². The molecule has 0 amide bonds. The van der Waals surface area contributed by atoms with Gasteiger partial charge in [-0.2, -0.15) is 13.2 Å². The molecule has 2 heterocycles. The van der Waals surface area contributed by atoms with Gasteiger partial charge in [-0.1, -0.05) is 29.7 Å². The number of H-pyrrole nitrogens is 2. The summed E-state index contributed by atoms with van der Waals surface area (Å²) in [6.45, 7) is 0. The number of nitrogens with one attached hydrogen (secondary N) is 2. The zero-order valence-corrected chi connectivity index (χ0v) is 14.1. The molecule has 0 bridgehead atoms. The van der Waals surface area contributed by atoms with Crippen molar-refractivity contribution in [1.82, 2.24) is 15.0 Å². The first-order valence-electron chi connectivity index (χ1n) is 8.09. The van der Waals surface area contributed by atoms with E-state index in [4.69, 9.17) is 7.85 Å². The number of hydrogen-bond acceptors (Lipinski definition) is 2. The van der Waals surface area contributed by atoms with Crippen molar-refractivity contribution < 1.29 is 22.4 Å². The number of carbonyl (C=O) groups is 1. The van der Waals surface area contributed by atoms with E-state index < -0.39 is 28.9 Å². The Kier molecular flexibility index (Phi) is 4.10. The van der Waals surface area contributed by atoms with Gasteiger partial charge in [0.05, 0.1) is 16.8 Å². The summed E-state index contributed by atoms with van der Waals surface area (Å²) in [5.41, 5.74) is -0.759. The fraction of sp³-hybridized carbons (Fsp3) is 0.0526. The quantitative estimate of drug-likeness (QED) is 0.322. The van der Waals surface area contributed by atoms with Crippen molar-refractivity contribution >= 4 is 30.1 Å². The highest BCUT2D eigenvalue weighted by atomic mass is 19.4. The van der Waals surface area contributed by atoms with Crippen molar-refractivity contribution in [3.63, 3.8) is 0 Å². The minimum absolute atomic E-state index is 0.0205. The summed E-state index contributed by atoms with van der Waals surface area (Å²) in [4.78, 5) is 22.4. The maximum atomic E-state index is 14.1. The second-order valence-electron chi connectivity index (χ2n) is 6.12. The molecule has 138 valence electrons. The lowest BCUT2D eigenvalue weighted by Crippen LogP contribution is -2.13. The zero-order valence-electron chi connectivity index (χ0n) is 14.1. The molecule has 0 spiro atoms. The number of aromatic amines is 2. The van der Waals surface area contributed by atoms with Gasteiger partial charge in [-0.25, -0.2) is 9.37 Å². The molecule has 0 aliphatic heterocycles. The minimum atomic E-state index is -4.65. The lowest BCUT2D eigenvalue weighted by Gasteiger charge is -2.10. The van der Waals surface area contributed by atoms with E-state index in [0.717, 1.165) is 12.1 Å². The standard InChI is InChI=1S/C19H10BF4N3O/c20-12-5-6-13-16(15(12)21)27-18(26-13)14-7-9(8-25-14)17(28)10-3-1-2-4-11(10)19(22,23)24/h1-8,25H,(H,26,27). The van der Waals surface area contributed by atoms with E-state index in [1.54, 1.807) is 6.07 Å². The van der Waals surface area contributed by atoms with Gasteiger partial charge >= 0.3 is 6.18 Å². The molecule has 0 saturated carbocycles. The van der Waals surface area contributed by atoms with Crippen molar-refractivity contribution in [3.8, 4) is 11.5 Å². The normalized spacial score (nSPS) is 11.9. The molecule has 0 atom stereocenters. The van der Waals surface area contributed by atoms with Crippen LogP contribution in [0.4, 0.5) is 17.6 Å². The predicted octanol–water partition coefficient (Wildman–Crippen LogP) is 3.74. The van der Waals surface area contributed by atoms with Crippen molar-refractivity contribution in [1.29, 1.82) is 0 Å². The van der Waals surface area contributed by atoms with Gasteiger partial charge in [0.15, 0.2) is 11.6 Å². The topological polar surface area (TPSA) is 61.5 Å². The van der Waals surface area contributed by atoms with Gasteiger partial charge in [0.1, 0.15) is 19.2 Å². The molecule has 2 aromatic heterocycles. The molecule has 0 aliphatic rings. The number of fused-ring (bicyclic) bond motifs is 1. The smallest absolute Gasteiger partial charge is 0.358 e. The molecule has 4 nitrogen and oxygen atoms in total. The highest BCUT2D eigenvalue weighted by Crippen LogP contribution is 2.33. The van der Waals surface area contributed by atoms with Crippen LogP contribution in [0.15, 0.2) is 48.7 Å². The maximum Gasteiger partial charge on any atom is 0.417 e. The Balaban J connectivity index is 1.73. The molecule has 0 fully saturated rings. The number of halogens is 4. The maximum absolute atomic E-state index is 14.1. The number of ketones is 1. The Labute approximate surface area is 157 Å². The minimum Gasteiger partial charge on any atom is -0.358 e. The Morgan fingerprint density at radius 2 is 1.86 bits per heavy atom. The predicted molar refractivity (Wildman–Crippen MR) is 96.1 cm³/mol. The SMILES string of the molecule is [B]c1ccc2[nH]c(-c3cc(C(=O)c4ccccc4C(F)(F)F)c[nH]3)nc2c1F. The average Bonchev–Trinajstić information content (AvgIpc) is 3.31. The van der Waals surface area contributed by atoms with E-state index in [0.29, 0.717) is 11.2 Å². The summed E-state index contributed by atoms with van der Waals surface area (Å²) in [6, 6.07) is 8.86. The van der Waals surface area contributed by atoms with E-state index in [2.05, 4.69) is 15.0 Å². The molecule has 2 aromatic carbocycles. The molecule has 4 rings (SSSR count). The Hall–Kier alpha value is -3.36. The van der Waals surface area contributed by atoms with E-state index in [1.807, 2.05) is 0 Å². The number of benzene rings is 2. The summed E-state index contributed by atoms with van der Waals surface area (Å²) in [7, 11) is 5.52. The van der Waals surface area contributed by atoms with Gasteiger partial charge in [-0.05, 0) is 18.2 Å². The molecule has 2 radical (unpaired) electrons. The monoisotopic (exact) mass is 383 g/mol. The van der Waals surface area contributed by atoms with Crippen LogP contribution in [0.3, 0.4) is 0 Å². The van der Waals surface area contributed by atoms with Crippen LogP contribution in [0.25, 0.3) is 22.6 Å². The lowest BCUT2D eigenvalue weighted by molar-refractivity contribution is -0.137. The first-order chi connectivity index (χ1) is 13.3. The largest absolute Gasteiger partial charge is 0.417 e. The summed E-state index contributed by atoms with van der Waals surface area (Å²) < 4.78 is 53.5. The lowest BCUT2D eigenvalue weighted by atomic mass is 9.95. The Morgan fingerprint density at radius 1 is 1.11 bits per heavy atom. The van der Waals surface area contributed by atoms with Crippen molar-refractivity contribution in [2.45, 2.75) is 6.18 Å². The second kappa shape index (κ2) is 6.37. The number of alkyl halides is 3. The van der Waals surface area contributed by atoms with Gasteiger partial charge in [-0.3, -0.25) is 4.79 Å². The van der Waals surface area contributed by atoms with Crippen LogP contribution in [-0.2, 0) is 6.18 Å². The van der Waals surface area contributed by atoms with Gasteiger partial charge in [0, 0.05) is 17.3 Å². The Bertz CT molecular complexity index is 1210. The summed E-state index contributed by atoms with van der Waals surface area (Å²) in [6.07, 6.45) is -3.37. The molecular weight excluding hydrogens is 373 g/mol. The summed E-state index contributed by atoms with van der Waals surface area (Å²) >= 11 is 0. The molecule has 0 aliphatic carbocycles. The fourth-order valence-corrected chi connectivity index (χ4v) is 2.93. The van der Waals surface area contributed by atoms with Crippen molar-refractivity contribution in [3.05, 3.63) is 71.2 Å². The first kappa shape index (κ1) is 18.0. The van der Waals surface area contributed by atoms with Crippen LogP contribution in [-0.4, -0.2) is 28.6 Å². The number of rotatable bonds is 3. The number of carbonyl (C=O) groups excluding carboxylic acids is 1. The van der Waals surface area contributed by atoms with Gasteiger partial charge < -0.3 is 9.97 Å². The second-order valence-corrected chi connectivity index (χ2v) is 6.12. The number of nitrogens with zero attached hydrogens (tertiary/aromatic N) is 1. The fourth-order valence-electron chi connectivity index (χ4n) is 2.93. The average molecular weight is 383 g/mol. The first-order valence-corrected chi connectivity index (χ1v) is 8.09. The summed E-state index contributed by atoms with van der Waals surface area (Å²) in [5.74, 6) is -1.24. The molecule has 0 unspecified atom stereocenters. The third-order valence-electron chi connectivity index (χ3n) is 4.30. The number of aromatic nitrogens is 3. The van der Waals surface area contributed by atoms with Crippen molar-refractivity contribution in [2.75, 3.05) is 0 Å². The van der Waals surface area contributed by atoms with E-state index in [-0.39, 0.29) is 22.4 Å². The van der Waals surface area contributed by atoms with Crippen LogP contribution in [0.1, 0.15) is 21.5 Å². The molecular formula is C19H10BF4N3O. The van der Waals surface area contributed by atoms with Crippen molar-refractivity contribution in [2.24, 2.45) is 0 Å². The van der Waals surface area contributed by atoms with E-state index >= 15 is 0 Å². The van der Waals surface area contributed by atoms with Gasteiger partial charge in [-0.15, -0.1) is 0 Å². The van der Waals surface area contributed by atoms with Crippen LogP contribution in [0, 0.1) is 5.82 Å². The van der Waals surface area contributed by atoms with Crippen LogP contribution in [0.5, 0.6) is 0 Å². The number of imidazole rings is 1. The number of hydrogen-bond donors (Lipinski definition) is 2. The van der Waals surface area contributed by atoms with Crippen LogP contribution >= 0.6 is 0 Å². The molecule has 4 aromatic rings. The molecule has 0 saturated heterocycles. The molecule has 2 N–H and O–H groups in total. The highest BCUT2D eigenvalue weighted by molar-refractivity contribution is 6.33. The third-order valence-corrected chi connectivity index (χ3v) is 4.30. The molecule has 28 heavy (non-hydrogen) atoms. The van der Waals surface area contributed by atoms with Crippen LogP contribution < -0.4 is 5.46 Å². The van der Waals surface area contributed by atoms with Crippen LogP contribution in [0.2, 0.25) is 0 Å². The summed E-state index contributed by atoms with van der Waals surface area (Å²) in [5, 5.41) is 0. The van der Waals surface area contributed by atoms with E-state index in [1.165, 1.54) is 30.5 Å². The zero-order chi connectivity index (χ0) is 20.1. The highest BCUT2D eigenvalue weighted by Gasteiger charge is 2.35. The third kappa shape index (κ3) is 2.98.